The van der Waals surface area contributed by atoms with Gasteiger partial charge in [0.2, 0.25) is 5.82 Å². The van der Waals surface area contributed by atoms with Gasteiger partial charge in [-0.15, -0.1) is 5.10 Å². The van der Waals surface area contributed by atoms with Crippen molar-refractivity contribution in [3.63, 3.8) is 0 Å². The summed E-state index contributed by atoms with van der Waals surface area (Å²) in [5, 5.41) is 5.00. The first kappa shape index (κ1) is 14.6. The van der Waals surface area contributed by atoms with Gasteiger partial charge in [0.25, 0.3) is 5.91 Å². The van der Waals surface area contributed by atoms with Gasteiger partial charge < -0.3 is 14.6 Å². The molecule has 0 spiro atoms. The van der Waals surface area contributed by atoms with Gasteiger partial charge in [0, 0.05) is 48.7 Å². The molecule has 1 aromatic carbocycles. The van der Waals surface area contributed by atoms with Crippen LogP contribution in [0.25, 0.3) is 10.9 Å². The molecule has 2 aromatic heterocycles. The molecular formula is C16H17N5O3. The highest BCUT2D eigenvalue weighted by Crippen LogP contribution is 2.30. The van der Waals surface area contributed by atoms with Gasteiger partial charge in [0.15, 0.2) is 0 Å². The topological polar surface area (TPSA) is 96.0 Å². The first-order valence-electron chi connectivity index (χ1n) is 7.67. The second-order valence-corrected chi connectivity index (χ2v) is 5.87. The molecule has 8 nitrogen and oxygen atoms in total. The molecule has 3 aromatic rings. The molecular weight excluding hydrogens is 310 g/mol. The van der Waals surface area contributed by atoms with Crippen LogP contribution >= 0.6 is 0 Å². The molecule has 1 aliphatic heterocycles. The summed E-state index contributed by atoms with van der Waals surface area (Å²) in [7, 11) is 3.14. The first-order chi connectivity index (χ1) is 11.6. The van der Waals surface area contributed by atoms with E-state index in [0.29, 0.717) is 13.1 Å². The van der Waals surface area contributed by atoms with E-state index in [1.54, 1.807) is 12.0 Å². The van der Waals surface area contributed by atoms with Gasteiger partial charge in [0.05, 0.1) is 7.11 Å². The Morgan fingerprint density at radius 1 is 1.33 bits per heavy atom. The van der Waals surface area contributed by atoms with E-state index in [2.05, 4.69) is 15.1 Å². The fourth-order valence-electron chi connectivity index (χ4n) is 3.14. The molecule has 4 rings (SSSR count). The van der Waals surface area contributed by atoms with Gasteiger partial charge in [-0.2, -0.15) is 0 Å². The van der Waals surface area contributed by atoms with Crippen LogP contribution in [0.3, 0.4) is 0 Å². The molecule has 0 radical (unpaired) electrons. The third-order valence-electron chi connectivity index (χ3n) is 4.44. The van der Waals surface area contributed by atoms with Crippen LogP contribution in [-0.2, 0) is 20.0 Å². The Morgan fingerprint density at radius 2 is 2.17 bits per heavy atom. The predicted molar refractivity (Wildman–Crippen MR) is 87.1 cm³/mol. The fourth-order valence-corrected chi connectivity index (χ4v) is 3.14. The lowest BCUT2D eigenvalue weighted by Gasteiger charge is -2.26. The van der Waals surface area contributed by atoms with Gasteiger partial charge in [-0.3, -0.25) is 9.78 Å². The second kappa shape index (κ2) is 5.26. The third kappa shape index (κ3) is 2.18. The Morgan fingerprint density at radius 3 is 2.88 bits per heavy atom. The lowest BCUT2D eigenvalue weighted by molar-refractivity contribution is 0.0722. The van der Waals surface area contributed by atoms with Gasteiger partial charge >= 0.3 is 5.69 Å². The van der Waals surface area contributed by atoms with Crippen molar-refractivity contribution in [1.29, 1.82) is 0 Å². The largest absolute Gasteiger partial charge is 0.497 e. The molecule has 0 aliphatic carbocycles. The number of H-pyrrole nitrogens is 2. The smallest absolute Gasteiger partial charge is 0.343 e. The third-order valence-corrected chi connectivity index (χ3v) is 4.44. The van der Waals surface area contributed by atoms with Crippen LogP contribution in [0.1, 0.15) is 21.9 Å². The number of aryl methyl sites for hydroxylation is 1. The van der Waals surface area contributed by atoms with E-state index in [9.17, 15) is 9.59 Å². The number of nitrogens with zero attached hydrogens (tertiary/aromatic N) is 3. The molecule has 1 amide bonds. The average Bonchev–Trinajstić information content (AvgIpc) is 3.13. The van der Waals surface area contributed by atoms with Crippen molar-refractivity contribution in [1.82, 2.24) is 24.6 Å². The highest BCUT2D eigenvalue weighted by atomic mass is 16.5. The number of benzene rings is 1. The molecule has 24 heavy (non-hydrogen) atoms. The highest BCUT2D eigenvalue weighted by molar-refractivity contribution is 5.92. The number of hydrogen-bond donors (Lipinski definition) is 2. The molecule has 3 heterocycles. The molecule has 8 heteroatoms. The summed E-state index contributed by atoms with van der Waals surface area (Å²) >= 11 is 0. The maximum absolute atomic E-state index is 12.6. The maximum atomic E-state index is 12.6. The van der Waals surface area contributed by atoms with Gasteiger partial charge in [-0.05, 0) is 18.2 Å². The summed E-state index contributed by atoms with van der Waals surface area (Å²) < 4.78 is 6.42. The monoisotopic (exact) mass is 327 g/mol. The minimum absolute atomic E-state index is 0.0726. The minimum atomic E-state index is -0.395. The van der Waals surface area contributed by atoms with E-state index in [4.69, 9.17) is 4.74 Å². The first-order valence-corrected chi connectivity index (χ1v) is 7.67. The lowest BCUT2D eigenvalue weighted by Crippen LogP contribution is -2.36. The van der Waals surface area contributed by atoms with Crippen LogP contribution in [0.15, 0.2) is 23.0 Å². The molecule has 0 atom stereocenters. The van der Waals surface area contributed by atoms with Crippen molar-refractivity contribution in [2.75, 3.05) is 13.7 Å². The van der Waals surface area contributed by atoms with E-state index >= 15 is 0 Å². The maximum Gasteiger partial charge on any atom is 0.343 e. The Hall–Kier alpha value is -3.03. The molecule has 0 saturated carbocycles. The standard InChI is InChI=1S/C16H17N5O3/c1-20-16(23)18-14(19-20)15(22)21-6-5-13-11(8-21)10-7-9(24-2)3-4-12(10)17-13/h3-4,7,17H,5-6,8H2,1-2H3,(H,18,19,23). The fraction of sp³-hybridized carbons (Fsp3) is 0.312. The zero-order valence-electron chi connectivity index (χ0n) is 13.4. The van der Waals surface area contributed by atoms with Crippen LogP contribution in [0.5, 0.6) is 5.75 Å². The molecule has 1 aliphatic rings. The molecule has 0 saturated heterocycles. The summed E-state index contributed by atoms with van der Waals surface area (Å²) in [6.07, 6.45) is 0.731. The van der Waals surface area contributed by atoms with Crippen molar-refractivity contribution in [2.45, 2.75) is 13.0 Å². The van der Waals surface area contributed by atoms with Crippen LogP contribution < -0.4 is 10.4 Å². The number of aromatic amines is 2. The van der Waals surface area contributed by atoms with Crippen molar-refractivity contribution in [3.05, 3.63) is 45.8 Å². The van der Waals surface area contributed by atoms with Crippen molar-refractivity contribution in [3.8, 4) is 5.75 Å². The van der Waals surface area contributed by atoms with Gasteiger partial charge in [0.1, 0.15) is 5.75 Å². The Kier molecular flexibility index (Phi) is 3.19. The summed E-state index contributed by atoms with van der Waals surface area (Å²) in [6, 6.07) is 5.86. The molecule has 0 fully saturated rings. The van der Waals surface area contributed by atoms with E-state index < -0.39 is 5.69 Å². The second-order valence-electron chi connectivity index (χ2n) is 5.87. The summed E-state index contributed by atoms with van der Waals surface area (Å²) in [5.74, 6) is 0.584. The van der Waals surface area contributed by atoms with Crippen LogP contribution in [0.2, 0.25) is 0 Å². The zero-order valence-corrected chi connectivity index (χ0v) is 13.4. The van der Waals surface area contributed by atoms with Gasteiger partial charge in [-0.25, -0.2) is 9.48 Å². The number of rotatable bonds is 2. The van der Waals surface area contributed by atoms with Crippen LogP contribution in [-0.4, -0.2) is 44.2 Å². The quantitative estimate of drug-likeness (QED) is 0.727. The number of carbonyl (C=O) groups is 1. The lowest BCUT2D eigenvalue weighted by atomic mass is 10.0. The number of methoxy groups -OCH3 is 1. The Labute approximate surface area is 137 Å². The van der Waals surface area contributed by atoms with Crippen molar-refractivity contribution in [2.24, 2.45) is 7.05 Å². The van der Waals surface area contributed by atoms with Crippen LogP contribution in [0.4, 0.5) is 0 Å². The SMILES string of the molecule is COc1ccc2[nH]c3c(c2c1)CN(C(=O)c1nn(C)c(=O)[nH]1)CC3. The molecule has 124 valence electrons. The van der Waals surface area contributed by atoms with Crippen molar-refractivity contribution >= 4 is 16.8 Å². The Balaban J connectivity index is 1.69. The summed E-state index contributed by atoms with van der Waals surface area (Å²) in [5.41, 5.74) is 2.85. The highest BCUT2D eigenvalue weighted by Gasteiger charge is 2.27. The van der Waals surface area contributed by atoms with Gasteiger partial charge in [-0.1, -0.05) is 0 Å². The average molecular weight is 327 g/mol. The van der Waals surface area contributed by atoms with E-state index in [1.807, 2.05) is 18.2 Å². The Bertz CT molecular complexity index is 997. The number of amides is 1. The zero-order chi connectivity index (χ0) is 16.8. The van der Waals surface area contributed by atoms with E-state index in [1.165, 1.54) is 7.05 Å². The van der Waals surface area contributed by atoms with E-state index in [0.717, 1.165) is 39.0 Å². The molecule has 2 N–H and O–H groups in total. The van der Waals surface area contributed by atoms with Crippen molar-refractivity contribution < 1.29 is 9.53 Å². The number of hydrogen-bond acceptors (Lipinski definition) is 4. The molecule has 0 bridgehead atoms. The van der Waals surface area contributed by atoms with Crippen LogP contribution in [0, 0.1) is 0 Å². The number of fused-ring (bicyclic) bond motifs is 3. The number of aromatic nitrogens is 4. The minimum Gasteiger partial charge on any atom is -0.497 e. The predicted octanol–water partition coefficient (Wildman–Crippen LogP) is 0.797. The number of ether oxygens (including phenoxy) is 1. The number of carbonyl (C=O) groups excluding carboxylic acids is 1. The number of nitrogens with one attached hydrogen (secondary N) is 2. The summed E-state index contributed by atoms with van der Waals surface area (Å²) in [4.78, 5) is 31.7. The normalized spacial score (nSPS) is 14.0. The van der Waals surface area contributed by atoms with E-state index in [-0.39, 0.29) is 11.7 Å². The molecule has 0 unspecified atom stereocenters. The summed E-state index contributed by atoms with van der Waals surface area (Å²) in [6.45, 7) is 1.05.